The van der Waals surface area contributed by atoms with Crippen LogP contribution < -0.4 is 4.90 Å². The second kappa shape index (κ2) is 7.77. The zero-order valence-electron chi connectivity index (χ0n) is 13.7. The number of anilines is 1. The molecule has 6 heteroatoms. The van der Waals surface area contributed by atoms with Crippen LogP contribution >= 0.6 is 11.6 Å². The van der Waals surface area contributed by atoms with Crippen molar-refractivity contribution in [3.63, 3.8) is 0 Å². The molecule has 0 N–H and O–H groups in total. The molecule has 0 fully saturated rings. The van der Waals surface area contributed by atoms with E-state index in [9.17, 15) is 4.79 Å². The Labute approximate surface area is 151 Å². The zero-order chi connectivity index (χ0) is 17.6. The molecule has 0 atom stereocenters. The first-order valence-electron chi connectivity index (χ1n) is 7.75. The van der Waals surface area contributed by atoms with Crippen LogP contribution in [0.3, 0.4) is 0 Å². The molecule has 3 rings (SSSR count). The van der Waals surface area contributed by atoms with E-state index in [1.807, 2.05) is 43.6 Å². The van der Waals surface area contributed by atoms with Gasteiger partial charge in [0.1, 0.15) is 0 Å². The van der Waals surface area contributed by atoms with Crippen molar-refractivity contribution >= 4 is 29.3 Å². The highest BCUT2D eigenvalue weighted by molar-refractivity contribution is 6.30. The summed E-state index contributed by atoms with van der Waals surface area (Å²) >= 11 is 5.96. The van der Waals surface area contributed by atoms with Gasteiger partial charge in [0.05, 0.1) is 18.4 Å². The number of aromatic nitrogens is 3. The number of hydrogen-bond donors (Lipinski definition) is 0. The highest BCUT2D eigenvalue weighted by Gasteiger charge is 2.14. The van der Waals surface area contributed by atoms with E-state index in [1.165, 1.54) is 6.08 Å². The number of halogens is 1. The van der Waals surface area contributed by atoms with E-state index >= 15 is 0 Å². The number of benzene rings is 1. The maximum absolute atomic E-state index is 12.8. The third-order valence-corrected chi connectivity index (χ3v) is 3.85. The van der Waals surface area contributed by atoms with Crippen molar-refractivity contribution in [2.45, 2.75) is 6.54 Å². The first-order valence-corrected chi connectivity index (χ1v) is 8.13. The summed E-state index contributed by atoms with van der Waals surface area (Å²) in [4.78, 5) is 18.7. The Morgan fingerprint density at radius 3 is 2.68 bits per heavy atom. The average Bonchev–Trinajstić information content (AvgIpc) is 3.05. The second-order valence-electron chi connectivity index (χ2n) is 5.50. The summed E-state index contributed by atoms with van der Waals surface area (Å²) in [5.41, 5.74) is 2.43. The molecule has 3 aromatic rings. The van der Waals surface area contributed by atoms with Gasteiger partial charge in [0.15, 0.2) is 0 Å². The van der Waals surface area contributed by atoms with Crippen LogP contribution in [0.5, 0.6) is 0 Å². The van der Waals surface area contributed by atoms with Gasteiger partial charge in [-0.15, -0.1) is 0 Å². The third-order valence-electron chi connectivity index (χ3n) is 3.59. The van der Waals surface area contributed by atoms with Crippen LogP contribution in [0, 0.1) is 0 Å². The number of aryl methyl sites for hydroxylation is 1. The summed E-state index contributed by atoms with van der Waals surface area (Å²) in [6.45, 7) is 0.374. The molecule has 0 saturated heterocycles. The van der Waals surface area contributed by atoms with Crippen LogP contribution in [-0.4, -0.2) is 20.7 Å². The van der Waals surface area contributed by atoms with Gasteiger partial charge in [0.25, 0.3) is 5.91 Å². The minimum atomic E-state index is -0.142. The number of carbonyl (C=O) groups excluding carboxylic acids is 1. The summed E-state index contributed by atoms with van der Waals surface area (Å²) in [5, 5.41) is 4.72. The molecule has 0 unspecified atom stereocenters. The Morgan fingerprint density at radius 2 is 2.04 bits per heavy atom. The molecule has 25 heavy (non-hydrogen) atoms. The molecule has 0 saturated carbocycles. The van der Waals surface area contributed by atoms with Crippen molar-refractivity contribution in [2.75, 3.05) is 4.90 Å². The Hall–Kier alpha value is -2.92. The van der Waals surface area contributed by atoms with Crippen LogP contribution in [0.1, 0.15) is 11.3 Å². The summed E-state index contributed by atoms with van der Waals surface area (Å²) in [7, 11) is 1.83. The van der Waals surface area contributed by atoms with Crippen LogP contribution in [0.2, 0.25) is 5.02 Å². The van der Waals surface area contributed by atoms with Gasteiger partial charge in [0, 0.05) is 41.8 Å². The maximum Gasteiger partial charge on any atom is 0.251 e. The van der Waals surface area contributed by atoms with E-state index in [1.54, 1.807) is 40.2 Å². The number of rotatable bonds is 5. The third kappa shape index (κ3) is 4.55. The smallest absolute Gasteiger partial charge is 0.251 e. The van der Waals surface area contributed by atoms with E-state index < -0.39 is 0 Å². The van der Waals surface area contributed by atoms with Gasteiger partial charge in [-0.3, -0.25) is 14.5 Å². The van der Waals surface area contributed by atoms with Crippen LogP contribution in [-0.2, 0) is 18.4 Å². The van der Waals surface area contributed by atoms with E-state index in [2.05, 4.69) is 10.1 Å². The lowest BCUT2D eigenvalue weighted by atomic mass is 10.2. The zero-order valence-corrected chi connectivity index (χ0v) is 14.5. The Balaban J connectivity index is 1.85. The van der Waals surface area contributed by atoms with Crippen molar-refractivity contribution in [3.8, 4) is 0 Å². The first kappa shape index (κ1) is 16.9. The predicted octanol–water partition coefficient (Wildman–Crippen LogP) is 3.72. The average molecular weight is 353 g/mol. The highest BCUT2D eigenvalue weighted by atomic mass is 35.5. The number of hydrogen-bond acceptors (Lipinski definition) is 3. The molecule has 126 valence electrons. The van der Waals surface area contributed by atoms with Gasteiger partial charge >= 0.3 is 0 Å². The number of carbonyl (C=O) groups is 1. The Kier molecular flexibility index (Phi) is 5.26. The van der Waals surface area contributed by atoms with Gasteiger partial charge < -0.3 is 4.90 Å². The summed E-state index contributed by atoms with van der Waals surface area (Å²) < 4.78 is 1.69. The lowest BCUT2D eigenvalue weighted by Gasteiger charge is -2.21. The largest absolute Gasteiger partial charge is 0.303 e. The van der Waals surface area contributed by atoms with Crippen LogP contribution in [0.15, 0.2) is 67.1 Å². The lowest BCUT2D eigenvalue weighted by Crippen LogP contribution is -2.29. The Morgan fingerprint density at radius 1 is 1.24 bits per heavy atom. The molecule has 2 aromatic heterocycles. The maximum atomic E-state index is 12.8. The number of amides is 1. The molecule has 0 bridgehead atoms. The van der Waals surface area contributed by atoms with Crippen molar-refractivity contribution < 1.29 is 4.79 Å². The fraction of sp³-hybridized carbons (Fsp3) is 0.105. The SMILES string of the molecule is Cn1cc(/C=C\C(=O)N(Cc2ccccn2)c2ccc(Cl)cc2)cn1. The van der Waals surface area contributed by atoms with Gasteiger partial charge in [0.2, 0.25) is 0 Å². The molecular weight excluding hydrogens is 336 g/mol. The van der Waals surface area contributed by atoms with Gasteiger partial charge in [-0.05, 0) is 42.5 Å². The second-order valence-corrected chi connectivity index (χ2v) is 5.94. The molecular formula is C19H17ClN4O. The molecule has 1 amide bonds. The molecule has 0 aliphatic carbocycles. The Bertz CT molecular complexity index is 872. The van der Waals surface area contributed by atoms with E-state index in [0.29, 0.717) is 11.6 Å². The molecule has 0 aliphatic rings. The van der Waals surface area contributed by atoms with Crippen molar-refractivity contribution in [2.24, 2.45) is 7.05 Å². The highest BCUT2D eigenvalue weighted by Crippen LogP contribution is 2.20. The first-order chi connectivity index (χ1) is 12.1. The molecule has 1 aromatic carbocycles. The predicted molar refractivity (Wildman–Crippen MR) is 99.1 cm³/mol. The quantitative estimate of drug-likeness (QED) is 0.658. The molecule has 0 aliphatic heterocycles. The van der Waals surface area contributed by atoms with E-state index in [-0.39, 0.29) is 5.91 Å². The van der Waals surface area contributed by atoms with E-state index in [4.69, 9.17) is 11.6 Å². The molecule has 2 heterocycles. The lowest BCUT2D eigenvalue weighted by molar-refractivity contribution is -0.114. The summed E-state index contributed by atoms with van der Waals surface area (Å²) in [5.74, 6) is -0.142. The van der Waals surface area contributed by atoms with E-state index in [0.717, 1.165) is 16.9 Å². The summed E-state index contributed by atoms with van der Waals surface area (Å²) in [6.07, 6.45) is 8.54. The van der Waals surface area contributed by atoms with Crippen LogP contribution in [0.4, 0.5) is 5.69 Å². The number of nitrogens with zero attached hydrogens (tertiary/aromatic N) is 4. The fourth-order valence-electron chi connectivity index (χ4n) is 2.35. The number of pyridine rings is 1. The van der Waals surface area contributed by atoms with Crippen molar-refractivity contribution in [1.82, 2.24) is 14.8 Å². The van der Waals surface area contributed by atoms with Gasteiger partial charge in [-0.2, -0.15) is 5.10 Å². The van der Waals surface area contributed by atoms with Crippen molar-refractivity contribution in [1.29, 1.82) is 0 Å². The molecule has 0 spiro atoms. The van der Waals surface area contributed by atoms with Crippen molar-refractivity contribution in [3.05, 3.63) is 83.4 Å². The fourth-order valence-corrected chi connectivity index (χ4v) is 2.48. The minimum absolute atomic E-state index is 0.142. The van der Waals surface area contributed by atoms with Crippen LogP contribution in [0.25, 0.3) is 6.08 Å². The minimum Gasteiger partial charge on any atom is -0.303 e. The molecule has 5 nitrogen and oxygen atoms in total. The summed E-state index contributed by atoms with van der Waals surface area (Å²) in [6, 6.07) is 12.8. The van der Waals surface area contributed by atoms with Gasteiger partial charge in [-0.25, -0.2) is 0 Å². The monoisotopic (exact) mass is 352 g/mol. The normalized spacial score (nSPS) is 11.0. The van der Waals surface area contributed by atoms with Gasteiger partial charge in [-0.1, -0.05) is 17.7 Å². The molecule has 0 radical (unpaired) electrons. The standard InChI is InChI=1S/C19H17ClN4O/c1-23-13-15(12-22-23)5-10-19(25)24(14-17-4-2-3-11-21-17)18-8-6-16(20)7-9-18/h2-13H,14H2,1H3/b10-5-. The topological polar surface area (TPSA) is 51.0 Å².